The zero-order valence-electron chi connectivity index (χ0n) is 8.95. The van der Waals surface area contributed by atoms with Crippen molar-refractivity contribution >= 4 is 0 Å². The normalized spacial score (nSPS) is 9.94. The molecule has 0 unspecified atom stereocenters. The SMILES string of the molecule is N#CCc1ccc(-c2cc(F)ccc2F)cc1. The van der Waals surface area contributed by atoms with Gasteiger partial charge in [0.1, 0.15) is 11.6 Å². The zero-order valence-corrected chi connectivity index (χ0v) is 8.95. The van der Waals surface area contributed by atoms with E-state index in [2.05, 4.69) is 0 Å². The third-order valence-corrected chi connectivity index (χ3v) is 2.48. The van der Waals surface area contributed by atoms with Crippen molar-refractivity contribution in [1.82, 2.24) is 0 Å². The maximum atomic E-state index is 13.5. The smallest absolute Gasteiger partial charge is 0.131 e. The molecule has 0 aliphatic heterocycles. The predicted octanol–water partition coefficient (Wildman–Crippen LogP) is 3.70. The van der Waals surface area contributed by atoms with E-state index in [1.165, 1.54) is 0 Å². The Morgan fingerprint density at radius 3 is 2.35 bits per heavy atom. The highest BCUT2D eigenvalue weighted by molar-refractivity contribution is 5.64. The van der Waals surface area contributed by atoms with Gasteiger partial charge in [-0.1, -0.05) is 24.3 Å². The molecule has 0 aromatic heterocycles. The first-order valence-corrected chi connectivity index (χ1v) is 5.12. The summed E-state index contributed by atoms with van der Waals surface area (Å²) in [6.45, 7) is 0. The fourth-order valence-corrected chi connectivity index (χ4v) is 1.61. The summed E-state index contributed by atoms with van der Waals surface area (Å²) >= 11 is 0. The lowest BCUT2D eigenvalue weighted by Gasteiger charge is -2.04. The van der Waals surface area contributed by atoms with Crippen LogP contribution in [0.2, 0.25) is 0 Å². The molecule has 0 saturated heterocycles. The van der Waals surface area contributed by atoms with Gasteiger partial charge in [-0.2, -0.15) is 5.26 Å². The van der Waals surface area contributed by atoms with Crippen molar-refractivity contribution in [3.8, 4) is 17.2 Å². The molecule has 2 aromatic rings. The minimum absolute atomic E-state index is 0.230. The topological polar surface area (TPSA) is 23.8 Å². The Balaban J connectivity index is 2.40. The molecule has 0 radical (unpaired) electrons. The van der Waals surface area contributed by atoms with Crippen LogP contribution in [0.15, 0.2) is 42.5 Å². The van der Waals surface area contributed by atoms with Gasteiger partial charge in [0.15, 0.2) is 0 Å². The molecule has 3 heteroatoms. The summed E-state index contributed by atoms with van der Waals surface area (Å²) < 4.78 is 26.5. The highest BCUT2D eigenvalue weighted by atomic mass is 19.1. The Bertz CT molecular complexity index is 568. The quantitative estimate of drug-likeness (QED) is 0.770. The minimum Gasteiger partial charge on any atom is -0.207 e. The molecule has 0 aliphatic carbocycles. The Morgan fingerprint density at radius 2 is 1.71 bits per heavy atom. The van der Waals surface area contributed by atoms with Crippen LogP contribution in [0.3, 0.4) is 0 Å². The van der Waals surface area contributed by atoms with Crippen molar-refractivity contribution < 1.29 is 8.78 Å². The van der Waals surface area contributed by atoms with Crippen molar-refractivity contribution in [2.24, 2.45) is 0 Å². The van der Waals surface area contributed by atoms with Crippen molar-refractivity contribution in [3.05, 3.63) is 59.7 Å². The Hall–Kier alpha value is -2.21. The molecular weight excluding hydrogens is 220 g/mol. The van der Waals surface area contributed by atoms with Gasteiger partial charge in [-0.05, 0) is 29.3 Å². The molecule has 0 aliphatic rings. The molecule has 84 valence electrons. The molecule has 17 heavy (non-hydrogen) atoms. The van der Waals surface area contributed by atoms with E-state index >= 15 is 0 Å². The van der Waals surface area contributed by atoms with Crippen molar-refractivity contribution in [2.75, 3.05) is 0 Å². The third-order valence-electron chi connectivity index (χ3n) is 2.48. The molecular formula is C14H9F2N. The van der Waals surface area contributed by atoms with E-state index in [9.17, 15) is 8.78 Å². The molecule has 0 spiro atoms. The van der Waals surface area contributed by atoms with Crippen molar-refractivity contribution in [3.63, 3.8) is 0 Å². The van der Waals surface area contributed by atoms with Crippen LogP contribution in [0.25, 0.3) is 11.1 Å². The number of hydrogen-bond donors (Lipinski definition) is 0. The third kappa shape index (κ3) is 2.48. The maximum Gasteiger partial charge on any atom is 0.131 e. The Morgan fingerprint density at radius 1 is 1.00 bits per heavy atom. The van der Waals surface area contributed by atoms with Crippen LogP contribution in [-0.4, -0.2) is 0 Å². The summed E-state index contributed by atoms with van der Waals surface area (Å²) in [5.74, 6) is -0.929. The number of hydrogen-bond acceptors (Lipinski definition) is 1. The standard InChI is InChI=1S/C14H9F2N/c15-12-5-6-14(16)13(9-12)11-3-1-10(2-4-11)7-8-17/h1-6,9H,7H2. The van der Waals surface area contributed by atoms with Gasteiger partial charge in [0.05, 0.1) is 12.5 Å². The lowest BCUT2D eigenvalue weighted by atomic mass is 10.0. The minimum atomic E-state index is -0.470. The number of nitrogens with zero attached hydrogens (tertiary/aromatic N) is 1. The van der Waals surface area contributed by atoms with Crippen LogP contribution >= 0.6 is 0 Å². The summed E-state index contributed by atoms with van der Waals surface area (Å²) in [6, 6.07) is 12.2. The summed E-state index contributed by atoms with van der Waals surface area (Å²) in [4.78, 5) is 0. The first kappa shape index (κ1) is 11.3. The van der Waals surface area contributed by atoms with Crippen LogP contribution in [0.4, 0.5) is 8.78 Å². The van der Waals surface area contributed by atoms with E-state index in [0.29, 0.717) is 12.0 Å². The largest absolute Gasteiger partial charge is 0.207 e. The monoisotopic (exact) mass is 229 g/mol. The molecule has 1 nitrogen and oxygen atoms in total. The average molecular weight is 229 g/mol. The second-order valence-corrected chi connectivity index (χ2v) is 3.66. The summed E-state index contributed by atoms with van der Waals surface area (Å²) in [5.41, 5.74) is 1.69. The van der Waals surface area contributed by atoms with Gasteiger partial charge in [-0.25, -0.2) is 8.78 Å². The van der Waals surface area contributed by atoms with E-state index in [0.717, 1.165) is 23.8 Å². The maximum absolute atomic E-state index is 13.5. The Labute approximate surface area is 97.9 Å². The summed E-state index contributed by atoms with van der Waals surface area (Å²) in [5, 5.41) is 8.53. The van der Waals surface area contributed by atoms with Gasteiger partial charge >= 0.3 is 0 Å². The van der Waals surface area contributed by atoms with Gasteiger partial charge in [-0.15, -0.1) is 0 Å². The lowest BCUT2D eigenvalue weighted by molar-refractivity contribution is 0.603. The van der Waals surface area contributed by atoms with Crippen LogP contribution < -0.4 is 0 Å². The van der Waals surface area contributed by atoms with E-state index in [-0.39, 0.29) is 5.56 Å². The van der Waals surface area contributed by atoms with Crippen LogP contribution in [0.1, 0.15) is 5.56 Å². The van der Waals surface area contributed by atoms with Gasteiger partial charge in [0.2, 0.25) is 0 Å². The van der Waals surface area contributed by atoms with Gasteiger partial charge < -0.3 is 0 Å². The molecule has 0 amide bonds. The summed E-state index contributed by atoms with van der Waals surface area (Å²) in [6.07, 6.45) is 0.311. The first-order valence-electron chi connectivity index (χ1n) is 5.12. The number of nitriles is 1. The van der Waals surface area contributed by atoms with Gasteiger partial charge in [0.25, 0.3) is 0 Å². The highest BCUT2D eigenvalue weighted by Crippen LogP contribution is 2.24. The van der Waals surface area contributed by atoms with Gasteiger partial charge in [-0.3, -0.25) is 0 Å². The average Bonchev–Trinajstić information content (AvgIpc) is 2.34. The molecule has 0 saturated carbocycles. The van der Waals surface area contributed by atoms with Gasteiger partial charge in [0, 0.05) is 5.56 Å². The van der Waals surface area contributed by atoms with Crippen LogP contribution in [0.5, 0.6) is 0 Å². The van der Waals surface area contributed by atoms with E-state index < -0.39 is 11.6 Å². The fraction of sp³-hybridized carbons (Fsp3) is 0.0714. The van der Waals surface area contributed by atoms with Crippen molar-refractivity contribution in [2.45, 2.75) is 6.42 Å². The molecule has 0 atom stereocenters. The van der Waals surface area contributed by atoms with E-state index in [1.807, 2.05) is 6.07 Å². The molecule has 0 heterocycles. The number of benzene rings is 2. The molecule has 2 rings (SSSR count). The first-order chi connectivity index (χ1) is 8.20. The lowest BCUT2D eigenvalue weighted by Crippen LogP contribution is -1.87. The summed E-state index contributed by atoms with van der Waals surface area (Å²) in [7, 11) is 0. The number of halogens is 2. The van der Waals surface area contributed by atoms with Crippen LogP contribution in [-0.2, 0) is 6.42 Å². The highest BCUT2D eigenvalue weighted by Gasteiger charge is 2.06. The second-order valence-electron chi connectivity index (χ2n) is 3.66. The molecule has 0 bridgehead atoms. The van der Waals surface area contributed by atoms with E-state index in [4.69, 9.17) is 5.26 Å². The van der Waals surface area contributed by atoms with E-state index in [1.54, 1.807) is 24.3 Å². The number of rotatable bonds is 2. The second kappa shape index (κ2) is 4.75. The van der Waals surface area contributed by atoms with Crippen LogP contribution in [0, 0.1) is 23.0 Å². The zero-order chi connectivity index (χ0) is 12.3. The fourth-order valence-electron chi connectivity index (χ4n) is 1.61. The Kier molecular flexibility index (Phi) is 3.15. The molecule has 2 aromatic carbocycles. The van der Waals surface area contributed by atoms with Crippen molar-refractivity contribution in [1.29, 1.82) is 5.26 Å². The molecule has 0 fully saturated rings. The predicted molar refractivity (Wildman–Crippen MR) is 61.1 cm³/mol. The molecule has 0 N–H and O–H groups in total.